The van der Waals surface area contributed by atoms with Crippen LogP contribution in [0.5, 0.6) is 5.75 Å². The van der Waals surface area contributed by atoms with Crippen molar-refractivity contribution in [3.8, 4) is 5.75 Å². The Morgan fingerprint density at radius 3 is 2.41 bits per heavy atom. The maximum Gasteiger partial charge on any atom is 0.258 e. The van der Waals surface area contributed by atoms with Crippen molar-refractivity contribution >= 4 is 21.6 Å². The van der Waals surface area contributed by atoms with Gasteiger partial charge in [-0.2, -0.15) is 4.31 Å². The van der Waals surface area contributed by atoms with Crippen molar-refractivity contribution in [3.63, 3.8) is 0 Å². The maximum absolute atomic E-state index is 13.4. The summed E-state index contributed by atoms with van der Waals surface area (Å²) < 4.78 is 46.8. The number of likely N-dealkylation sites (N-methyl/N-ethyl adjacent to an activating group) is 1. The smallest absolute Gasteiger partial charge is 0.258 e. The first-order valence-corrected chi connectivity index (χ1v) is 12.5. The fourth-order valence-electron chi connectivity index (χ4n) is 3.84. The Balaban J connectivity index is 1.97. The third kappa shape index (κ3) is 5.34. The second-order valence-electron chi connectivity index (χ2n) is 8.94. The highest BCUT2D eigenvalue weighted by Crippen LogP contribution is 2.31. The predicted molar refractivity (Wildman–Crippen MR) is 128 cm³/mol. The minimum atomic E-state index is -3.88. The van der Waals surface area contributed by atoms with E-state index in [1.54, 1.807) is 24.0 Å². The van der Waals surface area contributed by atoms with Gasteiger partial charge in [0.2, 0.25) is 10.0 Å². The monoisotopic (exact) mass is 493 g/mol. The number of aliphatic hydroxyl groups excluding tert-OH is 1. The first-order valence-electron chi connectivity index (χ1n) is 11.1. The third-order valence-electron chi connectivity index (χ3n) is 6.12. The highest BCUT2D eigenvalue weighted by molar-refractivity contribution is 7.89. The Bertz CT molecular complexity index is 1120. The van der Waals surface area contributed by atoms with Crippen LogP contribution >= 0.6 is 0 Å². The van der Waals surface area contributed by atoms with E-state index in [9.17, 15) is 22.7 Å². The summed E-state index contributed by atoms with van der Waals surface area (Å²) in [6.07, 6.45) is -0.578. The fraction of sp³-hybridized carbons (Fsp3) is 0.458. The molecule has 2 aromatic rings. The Hall–Kier alpha value is -2.69. The van der Waals surface area contributed by atoms with Crippen molar-refractivity contribution < 1.29 is 27.4 Å². The number of carbonyl (C=O) groups excluding carboxylic acids is 1. The molecule has 1 N–H and O–H groups in total. The van der Waals surface area contributed by atoms with Gasteiger partial charge in [-0.05, 0) is 49.4 Å². The summed E-state index contributed by atoms with van der Waals surface area (Å²) in [5.41, 5.74) is 1.17. The molecule has 0 bridgehead atoms. The minimum absolute atomic E-state index is 0.0170. The molecule has 186 valence electrons. The molecular formula is C24H32FN3O5S. The van der Waals surface area contributed by atoms with Gasteiger partial charge in [0, 0.05) is 39.3 Å². The van der Waals surface area contributed by atoms with Gasteiger partial charge >= 0.3 is 0 Å². The van der Waals surface area contributed by atoms with Gasteiger partial charge in [-0.1, -0.05) is 6.92 Å². The number of sulfonamides is 1. The van der Waals surface area contributed by atoms with Gasteiger partial charge in [0.1, 0.15) is 17.7 Å². The van der Waals surface area contributed by atoms with Crippen LogP contribution in [0.15, 0.2) is 47.4 Å². The second kappa shape index (κ2) is 10.3. The van der Waals surface area contributed by atoms with Crippen LogP contribution in [0.2, 0.25) is 0 Å². The highest BCUT2D eigenvalue weighted by Gasteiger charge is 2.35. The molecule has 0 spiro atoms. The normalized spacial score (nSPS) is 19.8. The minimum Gasteiger partial charge on any atom is -0.488 e. The van der Waals surface area contributed by atoms with E-state index in [2.05, 4.69) is 0 Å². The van der Waals surface area contributed by atoms with E-state index in [1.165, 1.54) is 23.5 Å². The number of halogens is 1. The molecule has 0 saturated carbocycles. The number of hydrogen-bond acceptors (Lipinski definition) is 6. The average molecular weight is 494 g/mol. The molecule has 1 aliphatic rings. The number of ether oxygens (including phenoxy) is 1. The van der Waals surface area contributed by atoms with E-state index in [1.807, 2.05) is 32.0 Å². The Morgan fingerprint density at radius 1 is 1.18 bits per heavy atom. The highest BCUT2D eigenvalue weighted by atomic mass is 32.2. The van der Waals surface area contributed by atoms with Crippen LogP contribution in [0, 0.1) is 11.7 Å². The predicted octanol–water partition coefficient (Wildman–Crippen LogP) is 2.43. The van der Waals surface area contributed by atoms with Crippen LogP contribution in [-0.2, 0) is 10.0 Å². The van der Waals surface area contributed by atoms with Crippen LogP contribution < -0.4 is 9.64 Å². The van der Waals surface area contributed by atoms with Crippen molar-refractivity contribution in [1.29, 1.82) is 0 Å². The molecule has 3 rings (SSSR count). The lowest BCUT2D eigenvalue weighted by atomic mass is 9.99. The number of aliphatic hydroxyl groups is 1. The van der Waals surface area contributed by atoms with Gasteiger partial charge in [-0.3, -0.25) is 4.79 Å². The molecule has 0 unspecified atom stereocenters. The molecule has 0 saturated heterocycles. The second-order valence-corrected chi connectivity index (χ2v) is 11.0. The summed E-state index contributed by atoms with van der Waals surface area (Å²) in [5, 5.41) is 9.76. The molecule has 0 aliphatic carbocycles. The molecule has 0 aromatic heterocycles. The van der Waals surface area contributed by atoms with Crippen molar-refractivity contribution in [3.05, 3.63) is 53.8 Å². The van der Waals surface area contributed by atoms with Crippen LogP contribution in [-0.4, -0.2) is 81.6 Å². The number of fused-ring (bicyclic) bond motifs is 1. The zero-order valence-corrected chi connectivity index (χ0v) is 20.9. The van der Waals surface area contributed by atoms with Gasteiger partial charge in [-0.15, -0.1) is 0 Å². The van der Waals surface area contributed by atoms with E-state index in [-0.39, 0.29) is 36.4 Å². The van der Waals surface area contributed by atoms with Crippen LogP contribution in [0.1, 0.15) is 24.2 Å². The number of rotatable bonds is 7. The van der Waals surface area contributed by atoms with Crippen molar-refractivity contribution in [2.45, 2.75) is 30.9 Å². The molecule has 0 radical (unpaired) electrons. The van der Waals surface area contributed by atoms with Crippen LogP contribution in [0.3, 0.4) is 0 Å². The molecule has 34 heavy (non-hydrogen) atoms. The van der Waals surface area contributed by atoms with E-state index in [4.69, 9.17) is 4.74 Å². The van der Waals surface area contributed by atoms with E-state index in [0.29, 0.717) is 11.3 Å². The van der Waals surface area contributed by atoms with Crippen LogP contribution in [0.4, 0.5) is 10.1 Å². The number of hydrogen-bond donors (Lipinski definition) is 1. The summed E-state index contributed by atoms with van der Waals surface area (Å²) in [6.45, 7) is 3.74. The number of carbonyl (C=O) groups is 1. The Morgan fingerprint density at radius 2 is 1.82 bits per heavy atom. The van der Waals surface area contributed by atoms with Crippen molar-refractivity contribution in [2.75, 3.05) is 45.7 Å². The third-order valence-corrected chi connectivity index (χ3v) is 7.96. The van der Waals surface area contributed by atoms with Crippen molar-refractivity contribution in [2.24, 2.45) is 5.92 Å². The molecule has 0 fully saturated rings. The van der Waals surface area contributed by atoms with Gasteiger partial charge in [0.25, 0.3) is 5.91 Å². The summed E-state index contributed by atoms with van der Waals surface area (Å²) in [4.78, 5) is 16.8. The standard InChI is InChI=1S/C24H32FN3O5S/c1-16-13-28(17(2)15-29)24(30)21-12-19(26(3)4)8-11-22(21)33-23(16)14-27(5)34(31,32)20-9-6-18(25)7-10-20/h6-12,16-17,23,29H,13-15H2,1-5H3/t16-,17+,23-/m1/s1. The molecular weight excluding hydrogens is 461 g/mol. The summed E-state index contributed by atoms with van der Waals surface area (Å²) in [7, 11) is 1.30. The lowest BCUT2D eigenvalue weighted by Gasteiger charge is -2.38. The molecule has 1 aliphatic heterocycles. The summed E-state index contributed by atoms with van der Waals surface area (Å²) in [6, 6.07) is 9.52. The van der Waals surface area contributed by atoms with Crippen LogP contribution in [0.25, 0.3) is 0 Å². The number of anilines is 1. The van der Waals surface area contributed by atoms with E-state index >= 15 is 0 Å². The molecule has 1 amide bonds. The first-order chi connectivity index (χ1) is 15.9. The maximum atomic E-state index is 13.4. The number of benzene rings is 2. The van der Waals surface area contributed by atoms with Crippen molar-refractivity contribution in [1.82, 2.24) is 9.21 Å². The zero-order chi connectivity index (χ0) is 25.2. The quantitative estimate of drug-likeness (QED) is 0.637. The lowest BCUT2D eigenvalue weighted by Crippen LogP contribution is -2.50. The van der Waals surface area contributed by atoms with Gasteiger partial charge < -0.3 is 19.6 Å². The largest absolute Gasteiger partial charge is 0.488 e. The molecule has 8 nitrogen and oxygen atoms in total. The van der Waals surface area contributed by atoms with Gasteiger partial charge in [0.15, 0.2) is 0 Å². The fourth-order valence-corrected chi connectivity index (χ4v) is 5.03. The molecule has 2 aromatic carbocycles. The topological polar surface area (TPSA) is 90.4 Å². The molecule has 3 atom stereocenters. The average Bonchev–Trinajstić information content (AvgIpc) is 2.80. The SMILES string of the molecule is C[C@@H]1CN([C@@H](C)CO)C(=O)c2cc(N(C)C)ccc2O[C@@H]1CN(C)S(=O)(=O)c1ccc(F)cc1. The summed E-state index contributed by atoms with van der Waals surface area (Å²) in [5.74, 6) is -0.659. The number of nitrogens with zero attached hydrogens (tertiary/aromatic N) is 3. The van der Waals surface area contributed by atoms with E-state index < -0.39 is 28.0 Å². The van der Waals surface area contributed by atoms with Gasteiger partial charge in [-0.25, -0.2) is 12.8 Å². The molecule has 10 heteroatoms. The Labute approximate surface area is 200 Å². The first kappa shape index (κ1) is 25.9. The number of amides is 1. The zero-order valence-electron chi connectivity index (χ0n) is 20.1. The van der Waals surface area contributed by atoms with E-state index in [0.717, 1.165) is 17.8 Å². The van der Waals surface area contributed by atoms with Gasteiger partial charge in [0.05, 0.1) is 29.7 Å². The summed E-state index contributed by atoms with van der Waals surface area (Å²) >= 11 is 0. The molecule has 1 heterocycles. The lowest BCUT2D eigenvalue weighted by molar-refractivity contribution is 0.0387. The Kier molecular flexibility index (Phi) is 7.84.